The van der Waals surface area contributed by atoms with Crippen LogP contribution >= 0.6 is 0 Å². The maximum atomic E-state index is 10.6. The van der Waals surface area contributed by atoms with E-state index in [0.29, 0.717) is 12.3 Å². The Bertz CT molecular complexity index is 194. The van der Waals surface area contributed by atoms with Gasteiger partial charge in [0.05, 0.1) is 5.92 Å². The van der Waals surface area contributed by atoms with Crippen molar-refractivity contribution in [1.82, 2.24) is 0 Å². The van der Waals surface area contributed by atoms with E-state index in [9.17, 15) is 4.79 Å². The van der Waals surface area contributed by atoms with Crippen molar-refractivity contribution in [2.24, 2.45) is 11.8 Å². The van der Waals surface area contributed by atoms with Gasteiger partial charge in [-0.05, 0) is 25.7 Å². The topological polar surface area (TPSA) is 37.3 Å². The van der Waals surface area contributed by atoms with Crippen LogP contribution in [0.4, 0.5) is 0 Å². The van der Waals surface area contributed by atoms with E-state index < -0.39 is 5.97 Å². The fourth-order valence-electron chi connectivity index (χ4n) is 1.64. The van der Waals surface area contributed by atoms with Crippen molar-refractivity contribution in [2.75, 3.05) is 0 Å². The normalized spacial score (nSPS) is 31.3. The van der Waals surface area contributed by atoms with E-state index in [1.807, 2.05) is 13.0 Å². The maximum Gasteiger partial charge on any atom is 0.307 e. The fraction of sp³-hybridized carbons (Fsp3) is 0.667. The van der Waals surface area contributed by atoms with Crippen molar-refractivity contribution in [3.63, 3.8) is 0 Å². The van der Waals surface area contributed by atoms with Crippen LogP contribution < -0.4 is 0 Å². The average molecular weight is 154 g/mol. The Kier molecular flexibility index (Phi) is 2.32. The molecule has 0 aliphatic heterocycles. The summed E-state index contributed by atoms with van der Waals surface area (Å²) in [5, 5.41) is 8.77. The molecule has 2 heteroatoms. The highest BCUT2D eigenvalue weighted by Gasteiger charge is 2.26. The summed E-state index contributed by atoms with van der Waals surface area (Å²) in [5.74, 6) is -0.502. The number of allylic oxidation sites excluding steroid dienone is 2. The van der Waals surface area contributed by atoms with Crippen molar-refractivity contribution in [3.05, 3.63) is 11.6 Å². The Morgan fingerprint density at radius 1 is 1.73 bits per heavy atom. The van der Waals surface area contributed by atoms with Crippen LogP contribution in [0.1, 0.15) is 26.7 Å². The molecule has 0 amide bonds. The third-order valence-electron chi connectivity index (χ3n) is 2.37. The average Bonchev–Trinajstić information content (AvgIpc) is 1.85. The third kappa shape index (κ3) is 1.82. The van der Waals surface area contributed by atoms with Gasteiger partial charge in [-0.15, -0.1) is 0 Å². The minimum Gasteiger partial charge on any atom is -0.481 e. The van der Waals surface area contributed by atoms with Gasteiger partial charge in [0.2, 0.25) is 0 Å². The van der Waals surface area contributed by atoms with Gasteiger partial charge in [-0.1, -0.05) is 18.6 Å². The molecule has 2 nitrogen and oxygen atoms in total. The molecule has 0 heterocycles. The Hall–Kier alpha value is -0.790. The molecule has 62 valence electrons. The molecule has 0 saturated carbocycles. The predicted molar refractivity (Wildman–Crippen MR) is 43.3 cm³/mol. The quantitative estimate of drug-likeness (QED) is 0.587. The number of carboxylic acids is 1. The van der Waals surface area contributed by atoms with Crippen molar-refractivity contribution in [2.45, 2.75) is 26.7 Å². The van der Waals surface area contributed by atoms with Crippen LogP contribution in [0.5, 0.6) is 0 Å². The molecule has 1 aliphatic carbocycles. The van der Waals surface area contributed by atoms with Crippen LogP contribution in [0.15, 0.2) is 11.6 Å². The molecule has 2 atom stereocenters. The Morgan fingerprint density at radius 2 is 2.36 bits per heavy atom. The predicted octanol–water partition coefficient (Wildman–Crippen LogP) is 2.06. The fourth-order valence-corrected chi connectivity index (χ4v) is 1.64. The molecule has 0 fully saturated rings. The van der Waals surface area contributed by atoms with E-state index in [-0.39, 0.29) is 5.92 Å². The van der Waals surface area contributed by atoms with Gasteiger partial charge in [0, 0.05) is 0 Å². The molecule has 0 radical (unpaired) electrons. The Balaban J connectivity index is 2.65. The molecule has 0 aromatic carbocycles. The molecule has 1 N–H and O–H groups in total. The van der Waals surface area contributed by atoms with Gasteiger partial charge in [-0.2, -0.15) is 0 Å². The summed E-state index contributed by atoms with van der Waals surface area (Å²) in [7, 11) is 0. The van der Waals surface area contributed by atoms with Crippen molar-refractivity contribution in [3.8, 4) is 0 Å². The first-order valence-corrected chi connectivity index (χ1v) is 3.99. The number of carbonyl (C=O) groups is 1. The van der Waals surface area contributed by atoms with Crippen molar-refractivity contribution < 1.29 is 9.90 Å². The SMILES string of the molecule is CC1=CCC(C(=O)O)C(C)C1. The molecule has 0 spiro atoms. The summed E-state index contributed by atoms with van der Waals surface area (Å²) in [6.07, 6.45) is 3.69. The number of carboxylic acid groups (broad SMARTS) is 1. The smallest absolute Gasteiger partial charge is 0.307 e. The standard InChI is InChI=1S/C9H14O2/c1-6-3-4-8(9(10)11)7(2)5-6/h3,7-8H,4-5H2,1-2H3,(H,10,11). The largest absolute Gasteiger partial charge is 0.481 e. The first kappa shape index (κ1) is 8.31. The summed E-state index contributed by atoms with van der Waals surface area (Å²) < 4.78 is 0. The maximum absolute atomic E-state index is 10.6. The van der Waals surface area contributed by atoms with Gasteiger partial charge >= 0.3 is 5.97 Å². The van der Waals surface area contributed by atoms with E-state index in [1.165, 1.54) is 5.57 Å². The molecular weight excluding hydrogens is 140 g/mol. The summed E-state index contributed by atoms with van der Waals surface area (Å²) >= 11 is 0. The first-order chi connectivity index (χ1) is 5.11. The van der Waals surface area contributed by atoms with E-state index in [1.54, 1.807) is 0 Å². The summed E-state index contributed by atoms with van der Waals surface area (Å²) in [5.41, 5.74) is 1.33. The number of hydrogen-bond donors (Lipinski definition) is 1. The Labute approximate surface area is 66.9 Å². The minimum absolute atomic E-state index is 0.154. The lowest BCUT2D eigenvalue weighted by molar-refractivity contribution is -0.143. The van der Waals surface area contributed by atoms with Gasteiger partial charge in [0.25, 0.3) is 0 Å². The van der Waals surface area contributed by atoms with E-state index in [4.69, 9.17) is 5.11 Å². The van der Waals surface area contributed by atoms with Crippen LogP contribution in [0.2, 0.25) is 0 Å². The van der Waals surface area contributed by atoms with E-state index in [2.05, 4.69) is 6.92 Å². The molecule has 2 unspecified atom stereocenters. The monoisotopic (exact) mass is 154 g/mol. The zero-order valence-electron chi connectivity index (χ0n) is 7.00. The second-order valence-corrected chi connectivity index (χ2v) is 3.41. The second kappa shape index (κ2) is 3.07. The van der Waals surface area contributed by atoms with Crippen LogP contribution in [-0.2, 0) is 4.79 Å². The summed E-state index contributed by atoms with van der Waals surface area (Å²) in [6, 6.07) is 0. The van der Waals surface area contributed by atoms with Crippen molar-refractivity contribution in [1.29, 1.82) is 0 Å². The zero-order chi connectivity index (χ0) is 8.43. The lowest BCUT2D eigenvalue weighted by Crippen LogP contribution is -2.23. The van der Waals surface area contributed by atoms with Crippen LogP contribution in [0.3, 0.4) is 0 Å². The second-order valence-electron chi connectivity index (χ2n) is 3.41. The molecule has 0 aromatic rings. The summed E-state index contributed by atoms with van der Waals surface area (Å²) in [6.45, 7) is 4.07. The molecule has 1 aliphatic rings. The molecular formula is C9H14O2. The Morgan fingerprint density at radius 3 is 2.82 bits per heavy atom. The number of rotatable bonds is 1. The van der Waals surface area contributed by atoms with Crippen molar-refractivity contribution >= 4 is 5.97 Å². The van der Waals surface area contributed by atoms with Gasteiger partial charge < -0.3 is 5.11 Å². The number of aliphatic carboxylic acids is 1. The first-order valence-electron chi connectivity index (χ1n) is 3.99. The van der Waals surface area contributed by atoms with E-state index in [0.717, 1.165) is 6.42 Å². The van der Waals surface area contributed by atoms with Gasteiger partial charge in [-0.25, -0.2) is 0 Å². The van der Waals surface area contributed by atoms with Gasteiger partial charge in [0.15, 0.2) is 0 Å². The minimum atomic E-state index is -0.652. The highest BCUT2D eigenvalue weighted by molar-refractivity contribution is 5.70. The highest BCUT2D eigenvalue weighted by atomic mass is 16.4. The lowest BCUT2D eigenvalue weighted by Gasteiger charge is -2.23. The highest BCUT2D eigenvalue weighted by Crippen LogP contribution is 2.28. The van der Waals surface area contributed by atoms with Gasteiger partial charge in [-0.3, -0.25) is 4.79 Å². The zero-order valence-corrected chi connectivity index (χ0v) is 7.00. The van der Waals surface area contributed by atoms with Gasteiger partial charge in [0.1, 0.15) is 0 Å². The van der Waals surface area contributed by atoms with Crippen LogP contribution in [0.25, 0.3) is 0 Å². The molecule has 0 bridgehead atoms. The van der Waals surface area contributed by atoms with E-state index >= 15 is 0 Å². The summed E-state index contributed by atoms with van der Waals surface area (Å²) in [4.78, 5) is 10.6. The lowest BCUT2D eigenvalue weighted by atomic mass is 9.81. The molecule has 1 rings (SSSR count). The molecule has 11 heavy (non-hydrogen) atoms. The molecule has 0 aromatic heterocycles. The number of hydrogen-bond acceptors (Lipinski definition) is 1. The third-order valence-corrected chi connectivity index (χ3v) is 2.37. The van der Waals surface area contributed by atoms with Crippen LogP contribution in [-0.4, -0.2) is 11.1 Å². The molecule has 0 saturated heterocycles. The van der Waals surface area contributed by atoms with Crippen LogP contribution in [0, 0.1) is 11.8 Å².